The molecule has 0 aromatic carbocycles. The molecule has 0 atom stereocenters. The standard InChI is InChI=1S/C8H8ClNO3/c9-6-13-8(11)12-5-7-2-1-3-10-4-7/h1-4H,5-6H2. The number of aromatic nitrogens is 1. The third-order valence-corrected chi connectivity index (χ3v) is 1.36. The van der Waals surface area contributed by atoms with E-state index in [1.54, 1.807) is 24.5 Å². The topological polar surface area (TPSA) is 48.4 Å². The van der Waals surface area contributed by atoms with Crippen molar-refractivity contribution in [3.8, 4) is 0 Å². The van der Waals surface area contributed by atoms with Crippen molar-refractivity contribution >= 4 is 17.8 Å². The summed E-state index contributed by atoms with van der Waals surface area (Å²) in [4.78, 5) is 14.5. The molecule has 0 fully saturated rings. The highest BCUT2D eigenvalue weighted by Gasteiger charge is 2.02. The summed E-state index contributed by atoms with van der Waals surface area (Å²) in [6.45, 7) is 0.142. The predicted molar refractivity (Wildman–Crippen MR) is 46.2 cm³/mol. The van der Waals surface area contributed by atoms with Crippen LogP contribution in [0.15, 0.2) is 24.5 Å². The molecular formula is C8H8ClNO3. The Morgan fingerprint density at radius 3 is 3.00 bits per heavy atom. The van der Waals surface area contributed by atoms with Crippen molar-refractivity contribution in [1.29, 1.82) is 0 Å². The van der Waals surface area contributed by atoms with Gasteiger partial charge in [0.15, 0.2) is 6.07 Å². The highest BCUT2D eigenvalue weighted by atomic mass is 35.5. The van der Waals surface area contributed by atoms with Gasteiger partial charge in [-0.25, -0.2) is 4.79 Å². The Balaban J connectivity index is 2.31. The molecule has 0 radical (unpaired) electrons. The molecule has 1 rings (SSSR count). The summed E-state index contributed by atoms with van der Waals surface area (Å²) in [6, 6.07) is 3.35. The molecule has 0 aliphatic carbocycles. The number of rotatable bonds is 3. The number of carbonyl (C=O) groups excluding carboxylic acids is 1. The average Bonchev–Trinajstić information content (AvgIpc) is 2.17. The van der Waals surface area contributed by atoms with Gasteiger partial charge in [-0.3, -0.25) is 4.98 Å². The van der Waals surface area contributed by atoms with E-state index in [1.165, 1.54) is 0 Å². The molecule has 0 saturated heterocycles. The Bertz CT molecular complexity index is 265. The SMILES string of the molecule is O=C(OCCl)OCc1cccnc1. The van der Waals surface area contributed by atoms with E-state index < -0.39 is 6.16 Å². The van der Waals surface area contributed by atoms with Gasteiger partial charge in [0.2, 0.25) is 0 Å². The molecule has 0 unspecified atom stereocenters. The van der Waals surface area contributed by atoms with E-state index in [-0.39, 0.29) is 12.7 Å². The van der Waals surface area contributed by atoms with E-state index in [1.807, 2.05) is 0 Å². The number of alkyl halides is 1. The lowest BCUT2D eigenvalue weighted by molar-refractivity contribution is 0.0620. The second-order valence-electron chi connectivity index (χ2n) is 2.15. The number of nitrogens with zero attached hydrogens (tertiary/aromatic N) is 1. The van der Waals surface area contributed by atoms with E-state index >= 15 is 0 Å². The van der Waals surface area contributed by atoms with Crippen LogP contribution in [0.4, 0.5) is 4.79 Å². The van der Waals surface area contributed by atoms with Crippen molar-refractivity contribution < 1.29 is 14.3 Å². The number of pyridine rings is 1. The van der Waals surface area contributed by atoms with Gasteiger partial charge in [-0.1, -0.05) is 17.7 Å². The van der Waals surface area contributed by atoms with E-state index in [4.69, 9.17) is 11.6 Å². The van der Waals surface area contributed by atoms with Crippen molar-refractivity contribution in [2.24, 2.45) is 0 Å². The molecule has 0 aliphatic heterocycles. The van der Waals surface area contributed by atoms with Crippen LogP contribution in [-0.2, 0) is 16.1 Å². The van der Waals surface area contributed by atoms with E-state index in [9.17, 15) is 4.79 Å². The van der Waals surface area contributed by atoms with Gasteiger partial charge in [0, 0.05) is 18.0 Å². The van der Waals surface area contributed by atoms with Crippen LogP contribution in [0.2, 0.25) is 0 Å². The molecule has 5 heteroatoms. The Morgan fingerprint density at radius 2 is 2.38 bits per heavy atom. The first-order valence-corrected chi connectivity index (χ1v) is 4.11. The summed E-state index contributed by atoms with van der Waals surface area (Å²) in [7, 11) is 0. The van der Waals surface area contributed by atoms with Gasteiger partial charge in [0.05, 0.1) is 0 Å². The van der Waals surface area contributed by atoms with E-state index in [0.717, 1.165) is 5.56 Å². The largest absolute Gasteiger partial charge is 0.509 e. The number of halogens is 1. The van der Waals surface area contributed by atoms with Crippen LogP contribution in [0.5, 0.6) is 0 Å². The van der Waals surface area contributed by atoms with Crippen LogP contribution in [0.25, 0.3) is 0 Å². The molecule has 0 saturated carbocycles. The second-order valence-corrected chi connectivity index (χ2v) is 2.37. The van der Waals surface area contributed by atoms with E-state index in [2.05, 4.69) is 14.5 Å². The molecule has 1 aromatic rings. The minimum Gasteiger partial charge on any atom is -0.429 e. The summed E-state index contributed by atoms with van der Waals surface area (Å²) in [6.07, 6.45) is 2.47. The first-order valence-electron chi connectivity index (χ1n) is 3.57. The zero-order valence-corrected chi connectivity index (χ0v) is 7.53. The van der Waals surface area contributed by atoms with Gasteiger partial charge < -0.3 is 9.47 Å². The van der Waals surface area contributed by atoms with Gasteiger partial charge in [-0.2, -0.15) is 0 Å². The third-order valence-electron chi connectivity index (χ3n) is 1.25. The number of carbonyl (C=O) groups is 1. The molecule has 0 amide bonds. The molecule has 4 nitrogen and oxygen atoms in total. The predicted octanol–water partition coefficient (Wildman–Crippen LogP) is 1.93. The smallest absolute Gasteiger partial charge is 0.429 e. The maximum absolute atomic E-state index is 10.7. The summed E-state index contributed by atoms with van der Waals surface area (Å²) in [5.74, 6) is 0. The van der Waals surface area contributed by atoms with Crippen LogP contribution in [0, 0.1) is 0 Å². The van der Waals surface area contributed by atoms with Crippen molar-refractivity contribution in [2.45, 2.75) is 6.61 Å². The zero-order valence-electron chi connectivity index (χ0n) is 6.77. The Kier molecular flexibility index (Phi) is 4.05. The minimum absolute atomic E-state index is 0.142. The summed E-state index contributed by atoms with van der Waals surface area (Å²) in [5, 5.41) is 0. The van der Waals surface area contributed by atoms with Crippen molar-refractivity contribution in [3.05, 3.63) is 30.1 Å². The van der Waals surface area contributed by atoms with Crippen LogP contribution in [-0.4, -0.2) is 17.2 Å². The number of hydrogen-bond donors (Lipinski definition) is 0. The number of hydrogen-bond acceptors (Lipinski definition) is 4. The van der Waals surface area contributed by atoms with Crippen molar-refractivity contribution in [2.75, 3.05) is 6.07 Å². The Hall–Kier alpha value is -1.29. The first-order chi connectivity index (χ1) is 6.33. The fourth-order valence-electron chi connectivity index (χ4n) is 0.712. The molecule has 1 aromatic heterocycles. The van der Waals surface area contributed by atoms with Gasteiger partial charge >= 0.3 is 6.16 Å². The summed E-state index contributed by atoms with van der Waals surface area (Å²) < 4.78 is 9.03. The Labute approximate surface area is 80.4 Å². The lowest BCUT2D eigenvalue weighted by Gasteiger charge is -2.02. The quantitative estimate of drug-likeness (QED) is 0.554. The molecular weight excluding hydrogens is 194 g/mol. The zero-order chi connectivity index (χ0) is 9.52. The normalized spacial score (nSPS) is 9.31. The molecule has 0 spiro atoms. The van der Waals surface area contributed by atoms with Gasteiger partial charge in [0.1, 0.15) is 6.61 Å². The number of ether oxygens (including phenoxy) is 2. The van der Waals surface area contributed by atoms with Crippen molar-refractivity contribution in [3.63, 3.8) is 0 Å². The minimum atomic E-state index is -0.779. The lowest BCUT2D eigenvalue weighted by Crippen LogP contribution is -2.06. The molecule has 13 heavy (non-hydrogen) atoms. The molecule has 0 N–H and O–H groups in total. The van der Waals surface area contributed by atoms with Gasteiger partial charge in [-0.05, 0) is 6.07 Å². The molecule has 0 bridgehead atoms. The summed E-state index contributed by atoms with van der Waals surface area (Å²) in [5.41, 5.74) is 0.800. The van der Waals surface area contributed by atoms with Crippen LogP contribution < -0.4 is 0 Å². The first kappa shape index (κ1) is 9.80. The fourth-order valence-corrected chi connectivity index (χ4v) is 0.801. The van der Waals surface area contributed by atoms with Crippen LogP contribution in [0.1, 0.15) is 5.56 Å². The average molecular weight is 202 g/mol. The van der Waals surface area contributed by atoms with Crippen LogP contribution >= 0.6 is 11.6 Å². The maximum Gasteiger partial charge on any atom is 0.509 e. The fraction of sp³-hybridized carbons (Fsp3) is 0.250. The Morgan fingerprint density at radius 1 is 1.54 bits per heavy atom. The van der Waals surface area contributed by atoms with Gasteiger partial charge in [-0.15, -0.1) is 0 Å². The lowest BCUT2D eigenvalue weighted by atomic mass is 10.3. The van der Waals surface area contributed by atoms with Crippen molar-refractivity contribution in [1.82, 2.24) is 4.98 Å². The summed E-state index contributed by atoms with van der Waals surface area (Å²) >= 11 is 5.14. The second kappa shape index (κ2) is 5.37. The third kappa shape index (κ3) is 3.75. The molecule has 0 aliphatic rings. The monoisotopic (exact) mass is 201 g/mol. The van der Waals surface area contributed by atoms with Gasteiger partial charge in [0.25, 0.3) is 0 Å². The van der Waals surface area contributed by atoms with E-state index in [0.29, 0.717) is 0 Å². The van der Waals surface area contributed by atoms with Crippen LogP contribution in [0.3, 0.4) is 0 Å². The molecule has 70 valence electrons. The highest BCUT2D eigenvalue weighted by Crippen LogP contribution is 1.99. The molecule has 1 heterocycles. The maximum atomic E-state index is 10.7. The highest BCUT2D eigenvalue weighted by molar-refractivity contribution is 6.17.